The molecule has 0 unspecified atom stereocenters. The number of amides is 1. The summed E-state index contributed by atoms with van der Waals surface area (Å²) in [6.45, 7) is 0.462. The Labute approximate surface area is 116 Å². The Morgan fingerprint density at radius 1 is 1.50 bits per heavy atom. The number of ether oxygens (including phenoxy) is 1. The third-order valence-corrected chi connectivity index (χ3v) is 2.93. The summed E-state index contributed by atoms with van der Waals surface area (Å²) in [5.41, 5.74) is 6.63. The zero-order valence-electron chi connectivity index (χ0n) is 11.5. The van der Waals surface area contributed by atoms with Gasteiger partial charge in [0.05, 0.1) is 18.4 Å². The highest BCUT2D eigenvalue weighted by molar-refractivity contribution is 5.98. The van der Waals surface area contributed by atoms with Gasteiger partial charge in [0, 0.05) is 20.0 Å². The van der Waals surface area contributed by atoms with E-state index >= 15 is 0 Å². The first-order chi connectivity index (χ1) is 9.63. The molecule has 0 aliphatic heterocycles. The van der Waals surface area contributed by atoms with Gasteiger partial charge >= 0.3 is 0 Å². The van der Waals surface area contributed by atoms with Crippen LogP contribution in [0.5, 0.6) is 5.75 Å². The maximum Gasteiger partial charge on any atom is 0.255 e. The number of nitrogens with two attached hydrogens (primary N) is 1. The minimum atomic E-state index is -0.226. The Bertz CT molecular complexity index is 609. The highest BCUT2D eigenvalue weighted by Gasteiger charge is 2.14. The van der Waals surface area contributed by atoms with Gasteiger partial charge in [-0.1, -0.05) is 6.07 Å². The number of hydrogen-bond donors (Lipinski definition) is 2. The maximum absolute atomic E-state index is 12.1. The van der Waals surface area contributed by atoms with E-state index in [0.717, 1.165) is 5.82 Å². The lowest BCUT2D eigenvalue weighted by Gasteiger charge is -2.11. The number of aromatic nitrogens is 3. The first-order valence-corrected chi connectivity index (χ1v) is 6.17. The summed E-state index contributed by atoms with van der Waals surface area (Å²) in [7, 11) is 3.35. The average Bonchev–Trinajstić information content (AvgIpc) is 2.84. The molecule has 0 aliphatic rings. The lowest BCUT2D eigenvalue weighted by atomic mass is 10.1. The second-order valence-corrected chi connectivity index (χ2v) is 4.29. The molecule has 1 aromatic heterocycles. The molecule has 0 saturated carbocycles. The molecule has 20 heavy (non-hydrogen) atoms. The first kappa shape index (κ1) is 13.9. The molecule has 7 nitrogen and oxygen atoms in total. The SMILES string of the molecule is COc1c(N)cccc1C(=O)NCCc1nncn1C. The van der Waals surface area contributed by atoms with Gasteiger partial charge in [0.15, 0.2) is 5.75 Å². The van der Waals surface area contributed by atoms with Crippen LogP contribution < -0.4 is 15.8 Å². The van der Waals surface area contributed by atoms with Crippen molar-refractivity contribution in [2.24, 2.45) is 7.05 Å². The Hall–Kier alpha value is -2.57. The molecule has 0 atom stereocenters. The van der Waals surface area contributed by atoms with E-state index in [-0.39, 0.29) is 5.91 Å². The third-order valence-electron chi connectivity index (χ3n) is 2.93. The molecule has 1 aromatic carbocycles. The van der Waals surface area contributed by atoms with Crippen LogP contribution >= 0.6 is 0 Å². The van der Waals surface area contributed by atoms with E-state index in [9.17, 15) is 4.79 Å². The van der Waals surface area contributed by atoms with Gasteiger partial charge in [-0.3, -0.25) is 4.79 Å². The molecule has 2 rings (SSSR count). The van der Waals surface area contributed by atoms with Crippen molar-refractivity contribution in [3.63, 3.8) is 0 Å². The topological polar surface area (TPSA) is 95.1 Å². The first-order valence-electron chi connectivity index (χ1n) is 6.17. The molecule has 0 radical (unpaired) electrons. The predicted octanol–water partition coefficient (Wildman–Crippen LogP) is 0.378. The number of rotatable bonds is 5. The lowest BCUT2D eigenvalue weighted by molar-refractivity contribution is 0.0951. The fourth-order valence-electron chi connectivity index (χ4n) is 1.88. The fraction of sp³-hybridized carbons (Fsp3) is 0.308. The van der Waals surface area contributed by atoms with Crippen molar-refractivity contribution < 1.29 is 9.53 Å². The van der Waals surface area contributed by atoms with E-state index in [4.69, 9.17) is 10.5 Å². The fourth-order valence-corrected chi connectivity index (χ4v) is 1.88. The van der Waals surface area contributed by atoms with Crippen LogP contribution in [0, 0.1) is 0 Å². The molecule has 0 saturated heterocycles. The molecule has 2 aromatic rings. The van der Waals surface area contributed by atoms with E-state index in [1.165, 1.54) is 7.11 Å². The van der Waals surface area contributed by atoms with Gasteiger partial charge < -0.3 is 20.4 Å². The summed E-state index contributed by atoms with van der Waals surface area (Å²) in [5.74, 6) is 0.977. The molecule has 0 spiro atoms. The van der Waals surface area contributed by atoms with E-state index < -0.39 is 0 Å². The van der Waals surface area contributed by atoms with Gasteiger partial charge in [-0.2, -0.15) is 0 Å². The van der Waals surface area contributed by atoms with Crippen LogP contribution in [0.3, 0.4) is 0 Å². The van der Waals surface area contributed by atoms with Crippen molar-refractivity contribution in [2.45, 2.75) is 6.42 Å². The van der Waals surface area contributed by atoms with Crippen LogP contribution in [0.15, 0.2) is 24.5 Å². The predicted molar refractivity (Wildman–Crippen MR) is 74.4 cm³/mol. The standard InChI is InChI=1S/C13H17N5O2/c1-18-8-16-17-11(18)6-7-15-13(19)9-4-3-5-10(14)12(9)20-2/h3-5,8H,6-7,14H2,1-2H3,(H,15,19). The van der Waals surface area contributed by atoms with Gasteiger partial charge in [-0.05, 0) is 12.1 Å². The summed E-state index contributed by atoms with van der Waals surface area (Å²) in [6, 6.07) is 5.08. The zero-order chi connectivity index (χ0) is 14.5. The number of methoxy groups -OCH3 is 1. The summed E-state index contributed by atoms with van der Waals surface area (Å²) >= 11 is 0. The molecule has 0 fully saturated rings. The Morgan fingerprint density at radius 2 is 2.30 bits per heavy atom. The zero-order valence-corrected chi connectivity index (χ0v) is 11.5. The maximum atomic E-state index is 12.1. The van der Waals surface area contributed by atoms with Crippen molar-refractivity contribution >= 4 is 11.6 Å². The number of carbonyl (C=O) groups is 1. The summed E-state index contributed by atoms with van der Waals surface area (Å²) in [6.07, 6.45) is 2.23. The van der Waals surface area contributed by atoms with Gasteiger partial charge in [-0.15, -0.1) is 10.2 Å². The van der Waals surface area contributed by atoms with Crippen LogP contribution in [0.2, 0.25) is 0 Å². The number of para-hydroxylation sites is 1. The molecule has 7 heteroatoms. The van der Waals surface area contributed by atoms with Crippen molar-refractivity contribution in [1.82, 2.24) is 20.1 Å². The number of anilines is 1. The molecule has 1 heterocycles. The Morgan fingerprint density at radius 3 is 2.95 bits per heavy atom. The van der Waals surface area contributed by atoms with E-state index in [0.29, 0.717) is 30.0 Å². The highest BCUT2D eigenvalue weighted by atomic mass is 16.5. The number of nitrogen functional groups attached to an aromatic ring is 1. The number of hydrogen-bond acceptors (Lipinski definition) is 5. The minimum Gasteiger partial charge on any atom is -0.494 e. The van der Waals surface area contributed by atoms with Crippen molar-refractivity contribution in [3.8, 4) is 5.75 Å². The van der Waals surface area contributed by atoms with E-state index in [2.05, 4.69) is 15.5 Å². The Kier molecular flexibility index (Phi) is 4.19. The van der Waals surface area contributed by atoms with Crippen LogP contribution in [0.1, 0.15) is 16.2 Å². The molecule has 0 aliphatic carbocycles. The smallest absolute Gasteiger partial charge is 0.255 e. The van der Waals surface area contributed by atoms with Crippen LogP contribution in [-0.2, 0) is 13.5 Å². The minimum absolute atomic E-state index is 0.226. The quantitative estimate of drug-likeness (QED) is 0.769. The monoisotopic (exact) mass is 275 g/mol. The normalized spacial score (nSPS) is 10.3. The van der Waals surface area contributed by atoms with E-state index in [1.54, 1.807) is 24.5 Å². The molecular formula is C13H17N5O2. The molecule has 0 bridgehead atoms. The second-order valence-electron chi connectivity index (χ2n) is 4.29. The van der Waals surface area contributed by atoms with Gasteiger partial charge in [0.25, 0.3) is 5.91 Å². The average molecular weight is 275 g/mol. The molecule has 3 N–H and O–H groups in total. The van der Waals surface area contributed by atoms with Crippen LogP contribution in [0.25, 0.3) is 0 Å². The van der Waals surface area contributed by atoms with Crippen molar-refractivity contribution in [2.75, 3.05) is 19.4 Å². The number of carbonyl (C=O) groups excluding carboxylic acids is 1. The number of nitrogens with one attached hydrogen (secondary N) is 1. The summed E-state index contributed by atoms with van der Waals surface area (Å²) in [4.78, 5) is 12.1. The summed E-state index contributed by atoms with van der Waals surface area (Å²) in [5, 5.41) is 10.5. The second kappa shape index (κ2) is 6.05. The molecule has 106 valence electrons. The van der Waals surface area contributed by atoms with E-state index in [1.807, 2.05) is 11.6 Å². The highest BCUT2D eigenvalue weighted by Crippen LogP contribution is 2.25. The Balaban J connectivity index is 1.99. The molecular weight excluding hydrogens is 258 g/mol. The van der Waals surface area contributed by atoms with Crippen molar-refractivity contribution in [1.29, 1.82) is 0 Å². The van der Waals surface area contributed by atoms with Gasteiger partial charge in [-0.25, -0.2) is 0 Å². The number of aryl methyl sites for hydroxylation is 1. The molecule has 1 amide bonds. The van der Waals surface area contributed by atoms with Crippen molar-refractivity contribution in [3.05, 3.63) is 35.9 Å². The largest absolute Gasteiger partial charge is 0.494 e. The third kappa shape index (κ3) is 2.87. The lowest BCUT2D eigenvalue weighted by Crippen LogP contribution is -2.27. The van der Waals surface area contributed by atoms with Gasteiger partial charge in [0.1, 0.15) is 12.2 Å². The summed E-state index contributed by atoms with van der Waals surface area (Å²) < 4.78 is 6.97. The van der Waals surface area contributed by atoms with Crippen LogP contribution in [-0.4, -0.2) is 34.3 Å². The van der Waals surface area contributed by atoms with Crippen LogP contribution in [0.4, 0.5) is 5.69 Å². The number of nitrogens with zero attached hydrogens (tertiary/aromatic N) is 3. The van der Waals surface area contributed by atoms with Gasteiger partial charge in [0.2, 0.25) is 0 Å². The number of benzene rings is 1.